The molecule has 140 valence electrons. The van der Waals surface area contributed by atoms with Gasteiger partial charge < -0.3 is 9.88 Å². The first-order valence-corrected chi connectivity index (χ1v) is 10.2. The zero-order valence-electron chi connectivity index (χ0n) is 14.7. The number of nitrogens with one attached hydrogen (secondary N) is 1. The Kier molecular flexibility index (Phi) is 6.77. The molecule has 0 radical (unpaired) electrons. The van der Waals surface area contributed by atoms with Crippen LogP contribution in [0.5, 0.6) is 0 Å². The number of thioether (sulfide) groups is 1. The van der Waals surface area contributed by atoms with Crippen LogP contribution in [0.3, 0.4) is 0 Å². The molecule has 0 unspecified atom stereocenters. The molecule has 0 spiro atoms. The van der Waals surface area contributed by atoms with E-state index in [1.54, 1.807) is 18.2 Å². The molecule has 0 saturated carbocycles. The van der Waals surface area contributed by atoms with E-state index >= 15 is 0 Å². The molecule has 0 aliphatic heterocycles. The lowest BCUT2D eigenvalue weighted by Gasteiger charge is -2.09. The van der Waals surface area contributed by atoms with Crippen molar-refractivity contribution in [1.82, 2.24) is 14.8 Å². The number of hydrogen-bond acceptors (Lipinski definition) is 4. The molecular weight excluding hydrogens is 403 g/mol. The van der Waals surface area contributed by atoms with Crippen molar-refractivity contribution in [3.63, 3.8) is 0 Å². The van der Waals surface area contributed by atoms with Gasteiger partial charge in [-0.25, -0.2) is 0 Å². The van der Waals surface area contributed by atoms with Crippen LogP contribution in [0.2, 0.25) is 10.0 Å². The topological polar surface area (TPSA) is 59.8 Å². The van der Waals surface area contributed by atoms with E-state index in [2.05, 4.69) is 22.4 Å². The first-order chi connectivity index (χ1) is 13.1. The predicted molar refractivity (Wildman–Crippen MR) is 112 cm³/mol. The molecule has 8 heteroatoms. The number of amides is 1. The smallest absolute Gasteiger partial charge is 0.234 e. The van der Waals surface area contributed by atoms with E-state index in [0.717, 1.165) is 29.5 Å². The number of halogens is 2. The van der Waals surface area contributed by atoms with Gasteiger partial charge in [0.2, 0.25) is 5.91 Å². The lowest BCUT2D eigenvalue weighted by molar-refractivity contribution is -0.113. The second-order valence-electron chi connectivity index (χ2n) is 5.79. The van der Waals surface area contributed by atoms with Crippen LogP contribution in [0.1, 0.15) is 13.3 Å². The molecule has 5 nitrogen and oxygen atoms in total. The van der Waals surface area contributed by atoms with Crippen molar-refractivity contribution >= 4 is 46.6 Å². The second kappa shape index (κ2) is 9.26. The minimum Gasteiger partial charge on any atom is -0.325 e. The van der Waals surface area contributed by atoms with Crippen LogP contribution in [0.4, 0.5) is 5.69 Å². The van der Waals surface area contributed by atoms with Gasteiger partial charge in [-0.2, -0.15) is 0 Å². The molecule has 0 aliphatic carbocycles. The van der Waals surface area contributed by atoms with Gasteiger partial charge in [-0.1, -0.05) is 72.2 Å². The highest BCUT2D eigenvalue weighted by molar-refractivity contribution is 7.99. The number of carbonyl (C=O) groups is 1. The third-order valence-corrected chi connectivity index (χ3v) is 5.44. The Morgan fingerprint density at radius 3 is 2.59 bits per heavy atom. The van der Waals surface area contributed by atoms with Gasteiger partial charge >= 0.3 is 0 Å². The van der Waals surface area contributed by atoms with Crippen LogP contribution >= 0.6 is 35.0 Å². The lowest BCUT2D eigenvalue weighted by atomic mass is 10.2. The van der Waals surface area contributed by atoms with E-state index in [4.69, 9.17) is 23.2 Å². The summed E-state index contributed by atoms with van der Waals surface area (Å²) in [6.45, 7) is 2.88. The van der Waals surface area contributed by atoms with Gasteiger partial charge in [-0.15, -0.1) is 10.2 Å². The highest BCUT2D eigenvalue weighted by atomic mass is 35.5. The van der Waals surface area contributed by atoms with Crippen LogP contribution in [0, 0.1) is 0 Å². The number of anilines is 1. The van der Waals surface area contributed by atoms with E-state index in [1.807, 2.05) is 34.9 Å². The van der Waals surface area contributed by atoms with E-state index < -0.39 is 0 Å². The minimum atomic E-state index is -0.148. The molecule has 0 fully saturated rings. The number of aromatic nitrogens is 3. The molecule has 2 aromatic carbocycles. The number of benzene rings is 2. The molecule has 0 atom stereocenters. The Balaban J connectivity index is 1.69. The third kappa shape index (κ3) is 5.03. The van der Waals surface area contributed by atoms with Crippen LogP contribution < -0.4 is 5.32 Å². The Morgan fingerprint density at radius 2 is 1.89 bits per heavy atom. The second-order valence-corrected chi connectivity index (χ2v) is 7.55. The highest BCUT2D eigenvalue weighted by Gasteiger charge is 2.15. The SMILES string of the molecule is CCCn1c(SCC(=O)Nc2ccc(Cl)c(Cl)c2)nnc1-c1ccccc1. The Morgan fingerprint density at radius 1 is 1.11 bits per heavy atom. The zero-order valence-corrected chi connectivity index (χ0v) is 17.0. The predicted octanol–water partition coefficient (Wildman–Crippen LogP) is 5.39. The van der Waals surface area contributed by atoms with Crippen molar-refractivity contribution in [3.05, 3.63) is 58.6 Å². The summed E-state index contributed by atoms with van der Waals surface area (Å²) in [4.78, 5) is 12.3. The summed E-state index contributed by atoms with van der Waals surface area (Å²) in [6.07, 6.45) is 0.945. The molecule has 0 bridgehead atoms. The van der Waals surface area contributed by atoms with Crippen molar-refractivity contribution in [3.8, 4) is 11.4 Å². The quantitative estimate of drug-likeness (QED) is 0.520. The van der Waals surface area contributed by atoms with Crippen molar-refractivity contribution in [2.75, 3.05) is 11.1 Å². The Labute approximate surface area is 172 Å². The van der Waals surface area contributed by atoms with Crippen LogP contribution in [-0.4, -0.2) is 26.4 Å². The number of nitrogens with zero attached hydrogens (tertiary/aromatic N) is 3. The number of carbonyl (C=O) groups excluding carboxylic acids is 1. The van der Waals surface area contributed by atoms with Crippen molar-refractivity contribution in [1.29, 1.82) is 0 Å². The van der Waals surface area contributed by atoms with Crippen molar-refractivity contribution in [2.24, 2.45) is 0 Å². The molecule has 1 aromatic heterocycles. The normalized spacial score (nSPS) is 10.8. The summed E-state index contributed by atoms with van der Waals surface area (Å²) in [5, 5.41) is 13.0. The average molecular weight is 421 g/mol. The highest BCUT2D eigenvalue weighted by Crippen LogP contribution is 2.26. The van der Waals surface area contributed by atoms with Crippen LogP contribution in [0.25, 0.3) is 11.4 Å². The van der Waals surface area contributed by atoms with Gasteiger partial charge in [-0.3, -0.25) is 4.79 Å². The molecule has 1 amide bonds. The van der Waals surface area contributed by atoms with E-state index in [0.29, 0.717) is 15.7 Å². The maximum absolute atomic E-state index is 12.3. The monoisotopic (exact) mass is 420 g/mol. The maximum atomic E-state index is 12.3. The fourth-order valence-electron chi connectivity index (χ4n) is 2.52. The van der Waals surface area contributed by atoms with Gasteiger partial charge in [0.1, 0.15) is 0 Å². The Hall–Kier alpha value is -2.02. The fraction of sp³-hybridized carbons (Fsp3) is 0.211. The van der Waals surface area contributed by atoms with Crippen LogP contribution in [-0.2, 0) is 11.3 Å². The van der Waals surface area contributed by atoms with E-state index in [-0.39, 0.29) is 11.7 Å². The third-order valence-electron chi connectivity index (χ3n) is 3.73. The molecule has 1 heterocycles. The van der Waals surface area contributed by atoms with Gasteiger partial charge in [0, 0.05) is 17.8 Å². The minimum absolute atomic E-state index is 0.148. The number of rotatable bonds is 7. The summed E-state index contributed by atoms with van der Waals surface area (Å²) in [6, 6.07) is 14.9. The summed E-state index contributed by atoms with van der Waals surface area (Å²) in [5.74, 6) is 0.882. The Bertz CT molecular complexity index is 931. The first-order valence-electron chi connectivity index (χ1n) is 8.44. The van der Waals surface area contributed by atoms with E-state index in [9.17, 15) is 4.79 Å². The van der Waals surface area contributed by atoms with Gasteiger partial charge in [0.25, 0.3) is 0 Å². The molecule has 1 N–H and O–H groups in total. The van der Waals surface area contributed by atoms with Crippen molar-refractivity contribution in [2.45, 2.75) is 25.0 Å². The van der Waals surface area contributed by atoms with Gasteiger partial charge in [0.05, 0.1) is 15.8 Å². The molecule has 27 heavy (non-hydrogen) atoms. The molecule has 0 saturated heterocycles. The fourth-order valence-corrected chi connectivity index (χ4v) is 3.59. The van der Waals surface area contributed by atoms with E-state index in [1.165, 1.54) is 11.8 Å². The van der Waals surface area contributed by atoms with Gasteiger partial charge in [0.15, 0.2) is 11.0 Å². The lowest BCUT2D eigenvalue weighted by Crippen LogP contribution is -2.14. The molecular formula is C19H18Cl2N4OS. The summed E-state index contributed by atoms with van der Waals surface area (Å²) >= 11 is 13.2. The maximum Gasteiger partial charge on any atom is 0.234 e. The largest absolute Gasteiger partial charge is 0.325 e. The molecule has 0 aliphatic rings. The van der Waals surface area contributed by atoms with Gasteiger partial charge in [-0.05, 0) is 24.6 Å². The zero-order chi connectivity index (χ0) is 19.2. The molecule has 3 aromatic rings. The molecule has 3 rings (SSSR count). The number of hydrogen-bond donors (Lipinski definition) is 1. The standard InChI is InChI=1S/C19H18Cl2N4OS/c1-2-10-25-18(13-6-4-3-5-7-13)23-24-19(25)27-12-17(26)22-14-8-9-15(20)16(21)11-14/h3-9,11H,2,10,12H2,1H3,(H,22,26). The first kappa shape index (κ1) is 19.7. The summed E-state index contributed by atoms with van der Waals surface area (Å²) < 4.78 is 2.05. The summed E-state index contributed by atoms with van der Waals surface area (Å²) in [5.41, 5.74) is 1.61. The average Bonchev–Trinajstić information content (AvgIpc) is 3.07. The van der Waals surface area contributed by atoms with Crippen LogP contribution in [0.15, 0.2) is 53.7 Å². The van der Waals surface area contributed by atoms with Crippen molar-refractivity contribution < 1.29 is 4.79 Å². The summed E-state index contributed by atoms with van der Waals surface area (Å²) in [7, 11) is 0.